The summed E-state index contributed by atoms with van der Waals surface area (Å²) in [5, 5.41) is 4.89. The number of aromatic nitrogens is 2. The molecule has 0 saturated heterocycles. The maximum absolute atomic E-state index is 12.2. The van der Waals surface area contributed by atoms with Crippen LogP contribution >= 0.6 is 11.3 Å². The molecule has 0 spiro atoms. The Bertz CT molecular complexity index is 746. The highest BCUT2D eigenvalue weighted by Gasteiger charge is 2.08. The van der Waals surface area contributed by atoms with Gasteiger partial charge in [0.05, 0.1) is 12.2 Å². The third-order valence-corrected chi connectivity index (χ3v) is 3.97. The first-order valence-corrected chi connectivity index (χ1v) is 7.48. The number of anilines is 1. The van der Waals surface area contributed by atoms with E-state index in [4.69, 9.17) is 0 Å². The summed E-state index contributed by atoms with van der Waals surface area (Å²) in [5.74, 6) is -0.0879. The Labute approximate surface area is 126 Å². The zero-order chi connectivity index (χ0) is 14.8. The van der Waals surface area contributed by atoms with Gasteiger partial charge in [0.2, 0.25) is 0 Å². The van der Waals surface area contributed by atoms with Gasteiger partial charge in [0, 0.05) is 43.1 Å². The van der Waals surface area contributed by atoms with Gasteiger partial charge in [-0.3, -0.25) is 9.20 Å². The van der Waals surface area contributed by atoms with Crippen LogP contribution in [0.2, 0.25) is 0 Å². The van der Waals surface area contributed by atoms with Crippen molar-refractivity contribution >= 4 is 27.9 Å². The van der Waals surface area contributed by atoms with E-state index in [2.05, 4.69) is 10.3 Å². The average molecular weight is 300 g/mol. The Morgan fingerprint density at radius 2 is 2.29 bits per heavy atom. The molecule has 2 aromatic heterocycles. The fraction of sp³-hybridized carbons (Fsp3) is 0.200. The largest absolute Gasteiger partial charge is 0.378 e. The van der Waals surface area contributed by atoms with Crippen LogP contribution in [0, 0.1) is 0 Å². The van der Waals surface area contributed by atoms with Gasteiger partial charge >= 0.3 is 0 Å². The predicted molar refractivity (Wildman–Crippen MR) is 85.0 cm³/mol. The van der Waals surface area contributed by atoms with Crippen molar-refractivity contribution in [2.24, 2.45) is 0 Å². The van der Waals surface area contributed by atoms with E-state index in [9.17, 15) is 4.79 Å². The van der Waals surface area contributed by atoms with Crippen molar-refractivity contribution in [3.63, 3.8) is 0 Å². The van der Waals surface area contributed by atoms with Crippen molar-refractivity contribution in [1.29, 1.82) is 0 Å². The lowest BCUT2D eigenvalue weighted by Gasteiger charge is -2.13. The van der Waals surface area contributed by atoms with Gasteiger partial charge in [-0.15, -0.1) is 11.3 Å². The number of thiazole rings is 1. The maximum atomic E-state index is 12.2. The van der Waals surface area contributed by atoms with Gasteiger partial charge < -0.3 is 10.2 Å². The van der Waals surface area contributed by atoms with E-state index in [1.165, 1.54) is 0 Å². The van der Waals surface area contributed by atoms with Gasteiger partial charge in [-0.05, 0) is 18.2 Å². The molecule has 0 aliphatic rings. The van der Waals surface area contributed by atoms with Gasteiger partial charge in [0.1, 0.15) is 0 Å². The molecule has 0 bridgehead atoms. The van der Waals surface area contributed by atoms with Gasteiger partial charge in [-0.1, -0.05) is 6.07 Å². The Kier molecular flexibility index (Phi) is 3.62. The molecule has 0 fully saturated rings. The summed E-state index contributed by atoms with van der Waals surface area (Å²) in [6, 6.07) is 7.55. The van der Waals surface area contributed by atoms with Crippen molar-refractivity contribution < 1.29 is 4.79 Å². The number of hydrogen-bond acceptors (Lipinski definition) is 4. The number of benzene rings is 1. The lowest BCUT2D eigenvalue weighted by Crippen LogP contribution is -2.23. The van der Waals surface area contributed by atoms with E-state index < -0.39 is 0 Å². The summed E-state index contributed by atoms with van der Waals surface area (Å²) < 4.78 is 1.96. The number of fused-ring (bicyclic) bond motifs is 1. The molecule has 3 aromatic rings. The van der Waals surface area contributed by atoms with E-state index in [-0.39, 0.29) is 5.91 Å². The summed E-state index contributed by atoms with van der Waals surface area (Å²) in [5.41, 5.74) is 2.52. The van der Waals surface area contributed by atoms with Gasteiger partial charge in [-0.25, -0.2) is 4.98 Å². The number of rotatable bonds is 4. The molecular weight excluding hydrogens is 284 g/mol. The third-order valence-electron chi connectivity index (χ3n) is 3.20. The fourth-order valence-electron chi connectivity index (χ4n) is 2.06. The molecule has 6 heteroatoms. The van der Waals surface area contributed by atoms with Crippen molar-refractivity contribution in [2.45, 2.75) is 6.54 Å². The second kappa shape index (κ2) is 5.57. The highest BCUT2D eigenvalue weighted by molar-refractivity contribution is 7.15. The standard InChI is InChI=1S/C15H16N4OS/c1-18(2)13-5-3-4-11(8-13)14(20)16-9-12-10-19-6-7-21-15(19)17-12/h3-8,10H,9H2,1-2H3,(H,16,20). The molecule has 1 N–H and O–H groups in total. The topological polar surface area (TPSA) is 49.6 Å². The number of amides is 1. The van der Waals surface area contributed by atoms with Crippen molar-refractivity contribution in [3.8, 4) is 0 Å². The van der Waals surface area contributed by atoms with Crippen LogP contribution in [0.3, 0.4) is 0 Å². The first-order chi connectivity index (χ1) is 10.1. The Morgan fingerprint density at radius 3 is 3.05 bits per heavy atom. The zero-order valence-electron chi connectivity index (χ0n) is 11.9. The van der Waals surface area contributed by atoms with Crippen LogP contribution in [0.25, 0.3) is 4.96 Å². The van der Waals surface area contributed by atoms with Crippen LogP contribution in [0.1, 0.15) is 16.1 Å². The number of imidazole rings is 1. The van der Waals surface area contributed by atoms with E-state index >= 15 is 0 Å². The minimum Gasteiger partial charge on any atom is -0.378 e. The molecule has 0 aliphatic carbocycles. The quantitative estimate of drug-likeness (QED) is 0.805. The van der Waals surface area contributed by atoms with Gasteiger partial charge in [0.25, 0.3) is 5.91 Å². The Balaban J connectivity index is 1.68. The molecule has 108 valence electrons. The molecule has 5 nitrogen and oxygen atoms in total. The fourth-order valence-corrected chi connectivity index (χ4v) is 2.78. The summed E-state index contributed by atoms with van der Waals surface area (Å²) in [7, 11) is 3.91. The summed E-state index contributed by atoms with van der Waals surface area (Å²) >= 11 is 1.58. The molecule has 2 heterocycles. The molecule has 0 aliphatic heterocycles. The maximum Gasteiger partial charge on any atom is 0.251 e. The minimum absolute atomic E-state index is 0.0879. The predicted octanol–water partition coefficient (Wildman–Crippen LogP) is 2.39. The number of hydrogen-bond donors (Lipinski definition) is 1. The number of carbonyl (C=O) groups is 1. The van der Waals surface area contributed by atoms with Crippen molar-refractivity contribution in [3.05, 3.63) is 53.3 Å². The van der Waals surface area contributed by atoms with Crippen LogP contribution in [0.5, 0.6) is 0 Å². The highest BCUT2D eigenvalue weighted by atomic mass is 32.1. The van der Waals surface area contributed by atoms with Crippen LogP contribution in [0.15, 0.2) is 42.0 Å². The third kappa shape index (κ3) is 2.90. The van der Waals surface area contributed by atoms with Crippen LogP contribution in [-0.2, 0) is 6.54 Å². The summed E-state index contributed by atoms with van der Waals surface area (Å²) in [6.45, 7) is 0.430. The van der Waals surface area contributed by atoms with Gasteiger partial charge in [-0.2, -0.15) is 0 Å². The molecule has 0 unspecified atom stereocenters. The van der Waals surface area contributed by atoms with Crippen molar-refractivity contribution in [1.82, 2.24) is 14.7 Å². The highest BCUT2D eigenvalue weighted by Crippen LogP contribution is 2.14. The van der Waals surface area contributed by atoms with Crippen LogP contribution in [0.4, 0.5) is 5.69 Å². The minimum atomic E-state index is -0.0879. The molecular formula is C15H16N4OS. The Morgan fingerprint density at radius 1 is 1.43 bits per heavy atom. The number of nitrogens with one attached hydrogen (secondary N) is 1. The first-order valence-electron chi connectivity index (χ1n) is 6.60. The van der Waals surface area contributed by atoms with Crippen LogP contribution < -0.4 is 10.2 Å². The first kappa shape index (κ1) is 13.6. The number of nitrogens with zero attached hydrogens (tertiary/aromatic N) is 3. The second-order valence-electron chi connectivity index (χ2n) is 4.95. The van der Waals surface area contributed by atoms with Crippen molar-refractivity contribution in [2.75, 3.05) is 19.0 Å². The lowest BCUT2D eigenvalue weighted by atomic mass is 10.2. The molecule has 1 aromatic carbocycles. The van der Waals surface area contributed by atoms with Crippen LogP contribution in [-0.4, -0.2) is 29.4 Å². The smallest absolute Gasteiger partial charge is 0.251 e. The van der Waals surface area contributed by atoms with E-state index in [0.29, 0.717) is 12.1 Å². The molecule has 1 amide bonds. The molecule has 0 radical (unpaired) electrons. The monoisotopic (exact) mass is 300 g/mol. The second-order valence-corrected chi connectivity index (χ2v) is 5.83. The average Bonchev–Trinajstić information content (AvgIpc) is 3.05. The SMILES string of the molecule is CN(C)c1cccc(C(=O)NCc2cn3ccsc3n2)c1. The number of carbonyl (C=O) groups excluding carboxylic acids is 1. The van der Waals surface area contributed by atoms with E-state index in [0.717, 1.165) is 16.3 Å². The lowest BCUT2D eigenvalue weighted by molar-refractivity contribution is 0.0950. The van der Waals surface area contributed by atoms with E-state index in [1.807, 2.05) is 65.4 Å². The molecule has 0 atom stereocenters. The zero-order valence-corrected chi connectivity index (χ0v) is 12.7. The van der Waals surface area contributed by atoms with E-state index in [1.54, 1.807) is 11.3 Å². The Hall–Kier alpha value is -2.34. The summed E-state index contributed by atoms with van der Waals surface area (Å²) in [6.07, 6.45) is 3.89. The van der Waals surface area contributed by atoms with Gasteiger partial charge in [0.15, 0.2) is 4.96 Å². The normalized spacial score (nSPS) is 10.8. The summed E-state index contributed by atoms with van der Waals surface area (Å²) in [4.78, 5) is 19.5. The molecule has 3 rings (SSSR count). The molecule has 0 saturated carbocycles. The molecule has 21 heavy (non-hydrogen) atoms.